The van der Waals surface area contributed by atoms with Gasteiger partial charge in [0.1, 0.15) is 0 Å². The SMILES string of the molecule is C=C[C@@H](O)C[C@@H](O)C[C@H]1C[C@@H](CCCc2ccccc2)OC(C)(C)O1. The molecule has 2 rings (SSSR count). The summed E-state index contributed by atoms with van der Waals surface area (Å²) >= 11 is 0. The molecule has 1 aromatic rings. The van der Waals surface area contributed by atoms with Crippen LogP contribution in [0.25, 0.3) is 0 Å². The third-order valence-electron chi connectivity index (χ3n) is 4.58. The fraction of sp³-hybridized carbons (Fsp3) is 0.619. The topological polar surface area (TPSA) is 58.9 Å². The van der Waals surface area contributed by atoms with Crippen LogP contribution in [-0.4, -0.2) is 40.4 Å². The Morgan fingerprint density at radius 2 is 1.88 bits per heavy atom. The summed E-state index contributed by atoms with van der Waals surface area (Å²) < 4.78 is 12.0. The molecule has 0 amide bonds. The van der Waals surface area contributed by atoms with Crippen LogP contribution in [-0.2, 0) is 15.9 Å². The average Bonchev–Trinajstić information content (AvgIpc) is 2.54. The predicted molar refractivity (Wildman–Crippen MR) is 99.3 cm³/mol. The van der Waals surface area contributed by atoms with Gasteiger partial charge >= 0.3 is 0 Å². The molecule has 0 bridgehead atoms. The molecule has 1 heterocycles. The standard InChI is InChI=1S/C21H32O4/c1-4-17(22)13-18(23)14-20-15-19(24-21(2,3)25-20)12-8-11-16-9-6-5-7-10-16/h4-7,9-10,17-20,22-23H,1,8,11-15H2,2-3H3/t17-,18-,19-,20+/m1/s1. The van der Waals surface area contributed by atoms with Crippen LogP contribution < -0.4 is 0 Å². The second kappa shape index (κ2) is 9.48. The van der Waals surface area contributed by atoms with E-state index >= 15 is 0 Å². The Morgan fingerprint density at radius 1 is 1.20 bits per heavy atom. The quantitative estimate of drug-likeness (QED) is 0.669. The number of hydrogen-bond donors (Lipinski definition) is 2. The molecule has 0 aliphatic carbocycles. The maximum absolute atomic E-state index is 10.2. The number of ether oxygens (including phenoxy) is 2. The number of aliphatic hydroxyl groups excluding tert-OH is 2. The van der Waals surface area contributed by atoms with Crippen molar-refractivity contribution in [1.29, 1.82) is 0 Å². The Kier molecular flexibility index (Phi) is 7.63. The molecule has 25 heavy (non-hydrogen) atoms. The number of aryl methyl sites for hydroxylation is 1. The number of benzene rings is 1. The van der Waals surface area contributed by atoms with Crippen LogP contribution in [0.15, 0.2) is 43.0 Å². The van der Waals surface area contributed by atoms with Crippen molar-refractivity contribution in [1.82, 2.24) is 0 Å². The van der Waals surface area contributed by atoms with Crippen molar-refractivity contribution in [3.8, 4) is 0 Å². The normalized spacial score (nSPS) is 25.3. The average molecular weight is 348 g/mol. The summed E-state index contributed by atoms with van der Waals surface area (Å²) in [6, 6.07) is 10.5. The summed E-state index contributed by atoms with van der Waals surface area (Å²) in [7, 11) is 0. The third-order valence-corrected chi connectivity index (χ3v) is 4.58. The summed E-state index contributed by atoms with van der Waals surface area (Å²) in [4.78, 5) is 0. The van der Waals surface area contributed by atoms with Gasteiger partial charge in [-0.25, -0.2) is 0 Å². The zero-order chi connectivity index (χ0) is 18.3. The first-order chi connectivity index (χ1) is 11.9. The highest BCUT2D eigenvalue weighted by atomic mass is 16.7. The molecule has 4 atom stereocenters. The zero-order valence-corrected chi connectivity index (χ0v) is 15.4. The van der Waals surface area contributed by atoms with Crippen molar-refractivity contribution in [3.63, 3.8) is 0 Å². The number of rotatable bonds is 9. The van der Waals surface area contributed by atoms with E-state index in [1.165, 1.54) is 11.6 Å². The number of aliphatic hydroxyl groups is 2. The summed E-state index contributed by atoms with van der Waals surface area (Å²) in [5.74, 6) is -0.642. The van der Waals surface area contributed by atoms with Crippen LogP contribution in [0, 0.1) is 0 Å². The van der Waals surface area contributed by atoms with Crippen LogP contribution in [0.1, 0.15) is 51.5 Å². The minimum Gasteiger partial charge on any atom is -0.393 e. The molecule has 0 spiro atoms. The molecular formula is C21H32O4. The molecule has 1 aromatic carbocycles. The van der Waals surface area contributed by atoms with Crippen LogP contribution in [0.4, 0.5) is 0 Å². The monoisotopic (exact) mass is 348 g/mol. The van der Waals surface area contributed by atoms with E-state index in [1.807, 2.05) is 19.9 Å². The lowest BCUT2D eigenvalue weighted by atomic mass is 9.96. The second-order valence-electron chi connectivity index (χ2n) is 7.42. The maximum atomic E-state index is 10.2. The summed E-state index contributed by atoms with van der Waals surface area (Å²) in [6.07, 6.45) is 4.91. The molecule has 2 N–H and O–H groups in total. The molecule has 0 saturated carbocycles. The molecule has 1 aliphatic heterocycles. The number of hydrogen-bond acceptors (Lipinski definition) is 4. The van der Waals surface area contributed by atoms with Crippen molar-refractivity contribution >= 4 is 0 Å². The van der Waals surface area contributed by atoms with Gasteiger partial charge in [-0.15, -0.1) is 6.58 Å². The third kappa shape index (κ3) is 7.28. The second-order valence-corrected chi connectivity index (χ2v) is 7.42. The van der Waals surface area contributed by atoms with Gasteiger partial charge in [0.25, 0.3) is 0 Å². The highest BCUT2D eigenvalue weighted by Crippen LogP contribution is 2.31. The van der Waals surface area contributed by atoms with Gasteiger partial charge in [0.2, 0.25) is 0 Å². The van der Waals surface area contributed by atoms with Gasteiger partial charge in [-0.3, -0.25) is 0 Å². The maximum Gasteiger partial charge on any atom is 0.163 e. The highest BCUT2D eigenvalue weighted by Gasteiger charge is 2.36. The lowest BCUT2D eigenvalue weighted by Gasteiger charge is -2.41. The fourth-order valence-corrected chi connectivity index (χ4v) is 3.49. The molecule has 140 valence electrons. The van der Waals surface area contributed by atoms with Crippen LogP contribution in [0.3, 0.4) is 0 Å². The Bertz CT molecular complexity index is 514. The van der Waals surface area contributed by atoms with Gasteiger partial charge in [-0.05, 0) is 45.1 Å². The Morgan fingerprint density at radius 3 is 2.56 bits per heavy atom. The van der Waals surface area contributed by atoms with E-state index in [2.05, 4.69) is 30.8 Å². The van der Waals surface area contributed by atoms with Crippen molar-refractivity contribution in [2.24, 2.45) is 0 Å². The molecule has 4 nitrogen and oxygen atoms in total. The van der Waals surface area contributed by atoms with Crippen molar-refractivity contribution in [2.45, 2.75) is 82.6 Å². The zero-order valence-electron chi connectivity index (χ0n) is 15.4. The van der Waals surface area contributed by atoms with Gasteiger partial charge in [-0.1, -0.05) is 36.4 Å². The molecule has 0 unspecified atom stereocenters. The summed E-state index contributed by atoms with van der Waals surface area (Å²) in [5, 5.41) is 19.7. The van der Waals surface area contributed by atoms with Gasteiger partial charge in [0.05, 0.1) is 24.4 Å². The van der Waals surface area contributed by atoms with Crippen LogP contribution in [0.2, 0.25) is 0 Å². The van der Waals surface area contributed by atoms with E-state index in [4.69, 9.17) is 9.47 Å². The van der Waals surface area contributed by atoms with Crippen LogP contribution >= 0.6 is 0 Å². The summed E-state index contributed by atoms with van der Waals surface area (Å²) in [5.41, 5.74) is 1.35. The molecule has 0 aromatic heterocycles. The minimum absolute atomic E-state index is 0.0579. The first kappa shape index (κ1) is 20.1. The van der Waals surface area contributed by atoms with E-state index in [0.717, 1.165) is 25.7 Å². The van der Waals surface area contributed by atoms with Gasteiger partial charge in [-0.2, -0.15) is 0 Å². The van der Waals surface area contributed by atoms with Crippen molar-refractivity contribution in [2.75, 3.05) is 0 Å². The lowest BCUT2D eigenvalue weighted by Crippen LogP contribution is -2.45. The largest absolute Gasteiger partial charge is 0.393 e. The fourth-order valence-electron chi connectivity index (χ4n) is 3.49. The van der Waals surface area contributed by atoms with E-state index in [1.54, 1.807) is 0 Å². The Balaban J connectivity index is 1.81. The minimum atomic E-state index is -0.676. The molecular weight excluding hydrogens is 316 g/mol. The molecule has 1 aliphatic rings. The van der Waals surface area contributed by atoms with E-state index < -0.39 is 18.0 Å². The van der Waals surface area contributed by atoms with Crippen molar-refractivity contribution in [3.05, 3.63) is 48.6 Å². The van der Waals surface area contributed by atoms with Gasteiger partial charge in [0, 0.05) is 12.8 Å². The predicted octanol–water partition coefficient (Wildman–Crippen LogP) is 3.61. The summed E-state index contributed by atoms with van der Waals surface area (Å²) in [6.45, 7) is 7.39. The molecule has 1 fully saturated rings. The molecule has 0 radical (unpaired) electrons. The van der Waals surface area contributed by atoms with E-state index in [9.17, 15) is 10.2 Å². The first-order valence-electron chi connectivity index (χ1n) is 9.26. The Labute approximate surface area is 151 Å². The van der Waals surface area contributed by atoms with E-state index in [0.29, 0.717) is 12.8 Å². The van der Waals surface area contributed by atoms with Gasteiger partial charge in [0.15, 0.2) is 5.79 Å². The van der Waals surface area contributed by atoms with E-state index in [-0.39, 0.29) is 12.2 Å². The lowest BCUT2D eigenvalue weighted by molar-refractivity contribution is -0.303. The first-order valence-corrected chi connectivity index (χ1v) is 9.26. The smallest absolute Gasteiger partial charge is 0.163 e. The van der Waals surface area contributed by atoms with Crippen molar-refractivity contribution < 1.29 is 19.7 Å². The highest BCUT2D eigenvalue weighted by molar-refractivity contribution is 5.14. The molecule has 1 saturated heterocycles. The molecule has 4 heteroatoms. The van der Waals surface area contributed by atoms with Crippen LogP contribution in [0.5, 0.6) is 0 Å². The van der Waals surface area contributed by atoms with Gasteiger partial charge < -0.3 is 19.7 Å². The Hall–Kier alpha value is -1.20.